The van der Waals surface area contributed by atoms with Crippen LogP contribution in [-0.4, -0.2) is 10.9 Å². The third kappa shape index (κ3) is 2.27. The van der Waals surface area contributed by atoms with Gasteiger partial charge in [0.05, 0.1) is 16.6 Å². The zero-order chi connectivity index (χ0) is 12.4. The third-order valence-electron chi connectivity index (χ3n) is 2.93. The summed E-state index contributed by atoms with van der Waals surface area (Å²) < 4.78 is 0. The van der Waals surface area contributed by atoms with E-state index in [0.717, 1.165) is 16.6 Å². The molecule has 18 heavy (non-hydrogen) atoms. The molecule has 0 aliphatic carbocycles. The van der Waals surface area contributed by atoms with Gasteiger partial charge >= 0.3 is 0 Å². The van der Waals surface area contributed by atoms with Crippen LogP contribution < -0.4 is 5.01 Å². The van der Waals surface area contributed by atoms with Crippen LogP contribution in [0.5, 0.6) is 0 Å². The standard InChI is InChI=1S/C15H14N2S/c1-12-16-17(11-18-12)15-9-7-14(8-10-15)13-5-3-2-4-6-13/h2-10H,11H2,1H3. The van der Waals surface area contributed by atoms with E-state index in [1.807, 2.05) is 18.0 Å². The van der Waals surface area contributed by atoms with Crippen molar-refractivity contribution in [2.75, 3.05) is 10.9 Å². The van der Waals surface area contributed by atoms with Gasteiger partial charge < -0.3 is 0 Å². The molecule has 0 aromatic heterocycles. The highest BCUT2D eigenvalue weighted by Gasteiger charge is 2.12. The van der Waals surface area contributed by atoms with Crippen molar-refractivity contribution in [3.05, 3.63) is 54.6 Å². The minimum absolute atomic E-state index is 0.913. The first-order chi connectivity index (χ1) is 8.83. The molecule has 1 aliphatic heterocycles. The molecule has 0 bridgehead atoms. The normalized spacial score (nSPS) is 14.7. The number of anilines is 1. The van der Waals surface area contributed by atoms with Crippen LogP contribution in [0.1, 0.15) is 6.92 Å². The SMILES string of the molecule is CC1=NN(c2ccc(-c3ccccc3)cc2)CS1. The van der Waals surface area contributed by atoms with Crippen LogP contribution in [0.3, 0.4) is 0 Å². The van der Waals surface area contributed by atoms with E-state index < -0.39 is 0 Å². The molecule has 0 atom stereocenters. The molecular weight excluding hydrogens is 240 g/mol. The molecule has 1 aliphatic rings. The summed E-state index contributed by atoms with van der Waals surface area (Å²) in [6, 6.07) is 19.0. The summed E-state index contributed by atoms with van der Waals surface area (Å²) in [7, 11) is 0. The highest BCUT2D eigenvalue weighted by Crippen LogP contribution is 2.27. The van der Waals surface area contributed by atoms with E-state index in [1.165, 1.54) is 11.1 Å². The summed E-state index contributed by atoms with van der Waals surface area (Å²) >= 11 is 1.78. The lowest BCUT2D eigenvalue weighted by Crippen LogP contribution is -2.09. The van der Waals surface area contributed by atoms with Crippen molar-refractivity contribution < 1.29 is 0 Å². The Morgan fingerprint density at radius 1 is 0.944 bits per heavy atom. The first kappa shape index (κ1) is 11.4. The molecule has 0 amide bonds. The fraction of sp³-hybridized carbons (Fsp3) is 0.133. The number of benzene rings is 2. The second-order valence-electron chi connectivity index (χ2n) is 4.20. The fourth-order valence-electron chi connectivity index (χ4n) is 1.97. The van der Waals surface area contributed by atoms with E-state index in [1.54, 1.807) is 11.8 Å². The van der Waals surface area contributed by atoms with E-state index >= 15 is 0 Å². The summed E-state index contributed by atoms with van der Waals surface area (Å²) in [5.74, 6) is 0.913. The Bertz CT molecular complexity index is 561. The van der Waals surface area contributed by atoms with Gasteiger partial charge in [-0.1, -0.05) is 54.2 Å². The molecule has 0 unspecified atom stereocenters. The van der Waals surface area contributed by atoms with Crippen LogP contribution in [0, 0.1) is 0 Å². The maximum absolute atomic E-state index is 4.47. The molecule has 2 aromatic carbocycles. The summed E-state index contributed by atoms with van der Waals surface area (Å²) in [5.41, 5.74) is 3.64. The summed E-state index contributed by atoms with van der Waals surface area (Å²) in [6.07, 6.45) is 0. The van der Waals surface area contributed by atoms with Gasteiger partial charge in [0.15, 0.2) is 0 Å². The maximum Gasteiger partial charge on any atom is 0.0929 e. The summed E-state index contributed by atoms with van der Waals surface area (Å²) in [6.45, 7) is 2.04. The van der Waals surface area contributed by atoms with Crippen molar-refractivity contribution >= 4 is 22.5 Å². The second kappa shape index (κ2) is 4.86. The van der Waals surface area contributed by atoms with Crippen LogP contribution >= 0.6 is 11.8 Å². The Balaban J connectivity index is 1.86. The van der Waals surface area contributed by atoms with E-state index in [-0.39, 0.29) is 0 Å². The first-order valence-electron chi connectivity index (χ1n) is 5.94. The molecule has 0 radical (unpaired) electrons. The first-order valence-corrected chi connectivity index (χ1v) is 6.92. The van der Waals surface area contributed by atoms with Crippen molar-refractivity contribution in [3.8, 4) is 11.1 Å². The minimum atomic E-state index is 0.913. The quantitative estimate of drug-likeness (QED) is 0.798. The van der Waals surface area contributed by atoms with Crippen LogP contribution in [0.2, 0.25) is 0 Å². The van der Waals surface area contributed by atoms with Gasteiger partial charge in [-0.25, -0.2) is 0 Å². The Morgan fingerprint density at radius 2 is 1.61 bits per heavy atom. The lowest BCUT2D eigenvalue weighted by Gasteiger charge is -2.13. The van der Waals surface area contributed by atoms with Crippen molar-refractivity contribution in [1.29, 1.82) is 0 Å². The zero-order valence-electron chi connectivity index (χ0n) is 10.2. The molecule has 0 saturated carbocycles. The lowest BCUT2D eigenvalue weighted by atomic mass is 10.1. The third-order valence-corrected chi connectivity index (χ3v) is 3.80. The van der Waals surface area contributed by atoms with Crippen molar-refractivity contribution in [2.24, 2.45) is 5.10 Å². The molecule has 3 heteroatoms. The summed E-state index contributed by atoms with van der Waals surface area (Å²) in [4.78, 5) is 0. The predicted molar refractivity (Wildman–Crippen MR) is 79.9 cm³/mol. The molecule has 3 rings (SSSR count). The van der Waals surface area contributed by atoms with E-state index in [9.17, 15) is 0 Å². The highest BCUT2D eigenvalue weighted by atomic mass is 32.2. The highest BCUT2D eigenvalue weighted by molar-refractivity contribution is 8.14. The molecule has 0 N–H and O–H groups in total. The van der Waals surface area contributed by atoms with Gasteiger partial charge in [0.25, 0.3) is 0 Å². The maximum atomic E-state index is 4.47. The molecule has 1 heterocycles. The van der Waals surface area contributed by atoms with Crippen LogP contribution in [0.4, 0.5) is 5.69 Å². The number of hydrazone groups is 1. The van der Waals surface area contributed by atoms with Crippen LogP contribution in [-0.2, 0) is 0 Å². The van der Waals surface area contributed by atoms with Gasteiger partial charge in [0.1, 0.15) is 0 Å². The van der Waals surface area contributed by atoms with Gasteiger partial charge in [0.2, 0.25) is 0 Å². The number of nitrogens with zero attached hydrogens (tertiary/aromatic N) is 2. The fourth-order valence-corrected chi connectivity index (χ4v) is 2.64. The Hall–Kier alpha value is -1.74. The predicted octanol–water partition coefficient (Wildman–Crippen LogP) is 4.20. The smallest absolute Gasteiger partial charge is 0.0929 e. The summed E-state index contributed by atoms with van der Waals surface area (Å²) in [5, 5.41) is 7.64. The number of hydrogen-bond acceptors (Lipinski definition) is 3. The molecular formula is C15H14N2S. The topological polar surface area (TPSA) is 15.6 Å². The van der Waals surface area contributed by atoms with Crippen molar-refractivity contribution in [1.82, 2.24) is 0 Å². The average Bonchev–Trinajstić information content (AvgIpc) is 2.87. The largest absolute Gasteiger partial charge is 0.254 e. The van der Waals surface area contributed by atoms with Gasteiger partial charge in [-0.2, -0.15) is 5.10 Å². The number of rotatable bonds is 2. The second-order valence-corrected chi connectivity index (χ2v) is 5.34. The number of hydrogen-bond donors (Lipinski definition) is 0. The minimum Gasteiger partial charge on any atom is -0.254 e. The van der Waals surface area contributed by atoms with Crippen molar-refractivity contribution in [3.63, 3.8) is 0 Å². The Morgan fingerprint density at radius 3 is 2.22 bits per heavy atom. The molecule has 0 spiro atoms. The molecule has 0 saturated heterocycles. The van der Waals surface area contributed by atoms with Gasteiger partial charge in [-0.15, -0.1) is 0 Å². The van der Waals surface area contributed by atoms with E-state index in [4.69, 9.17) is 0 Å². The monoisotopic (exact) mass is 254 g/mol. The van der Waals surface area contributed by atoms with Gasteiger partial charge in [0, 0.05) is 0 Å². The Kier molecular flexibility index (Phi) is 3.07. The molecule has 90 valence electrons. The molecule has 0 fully saturated rings. The molecule has 2 nitrogen and oxygen atoms in total. The van der Waals surface area contributed by atoms with Gasteiger partial charge in [-0.3, -0.25) is 5.01 Å². The van der Waals surface area contributed by atoms with Gasteiger partial charge in [-0.05, 0) is 30.2 Å². The van der Waals surface area contributed by atoms with Crippen molar-refractivity contribution in [2.45, 2.75) is 6.92 Å². The average molecular weight is 254 g/mol. The molecule has 2 aromatic rings. The zero-order valence-corrected chi connectivity index (χ0v) is 11.0. The van der Waals surface area contributed by atoms with E-state index in [0.29, 0.717) is 0 Å². The Labute approximate surface area is 111 Å². The van der Waals surface area contributed by atoms with E-state index in [2.05, 4.69) is 53.6 Å². The lowest BCUT2D eigenvalue weighted by molar-refractivity contribution is 1.01. The number of thioether (sulfide) groups is 1. The van der Waals surface area contributed by atoms with Crippen LogP contribution in [0.25, 0.3) is 11.1 Å². The van der Waals surface area contributed by atoms with Crippen LogP contribution in [0.15, 0.2) is 59.7 Å².